The number of ether oxygens (including phenoxy) is 1. The molecule has 0 aliphatic rings. The first kappa shape index (κ1) is 12.3. The van der Waals surface area contributed by atoms with Crippen molar-refractivity contribution < 1.29 is 18.3 Å². The lowest BCUT2D eigenvalue weighted by Gasteiger charge is -2.08. The monoisotopic (exact) mass is 299 g/mol. The van der Waals surface area contributed by atoms with E-state index >= 15 is 0 Å². The van der Waals surface area contributed by atoms with Crippen LogP contribution in [0.15, 0.2) is 10.5 Å². The molecule has 1 aromatic rings. The zero-order valence-electron chi connectivity index (χ0n) is 7.43. The van der Waals surface area contributed by atoms with Gasteiger partial charge in [-0.05, 0) is 11.6 Å². The van der Waals surface area contributed by atoms with E-state index < -0.39 is 22.9 Å². The number of nitrogens with zero attached hydrogens (tertiary/aromatic N) is 1. The molecule has 0 N–H and O–H groups in total. The van der Waals surface area contributed by atoms with Crippen LogP contribution in [0.3, 0.4) is 0 Å². The van der Waals surface area contributed by atoms with Gasteiger partial charge < -0.3 is 4.74 Å². The van der Waals surface area contributed by atoms with E-state index in [-0.39, 0.29) is 10.4 Å². The van der Waals surface area contributed by atoms with Crippen molar-refractivity contribution in [1.82, 2.24) is 4.98 Å². The van der Waals surface area contributed by atoms with E-state index in [4.69, 9.17) is 16.3 Å². The van der Waals surface area contributed by atoms with E-state index in [1.807, 2.05) is 0 Å². The number of alkyl halides is 2. The molecule has 0 spiro atoms. The molecule has 0 saturated heterocycles. The van der Waals surface area contributed by atoms with Crippen molar-refractivity contribution in [1.29, 1.82) is 0 Å². The smallest absolute Gasteiger partial charge is 0.271 e. The molecule has 1 rings (SSSR count). The summed E-state index contributed by atoms with van der Waals surface area (Å²) in [6.07, 6.45) is -2.84. The van der Waals surface area contributed by atoms with Crippen LogP contribution in [-0.2, 0) is 0 Å². The summed E-state index contributed by atoms with van der Waals surface area (Å²) in [7, 11) is 1.30. The number of rotatable bonds is 3. The number of hydrogen-bond acceptors (Lipinski definition) is 3. The summed E-state index contributed by atoms with van der Waals surface area (Å²) in [6.45, 7) is 0. The van der Waals surface area contributed by atoms with Crippen molar-refractivity contribution in [2.45, 2.75) is 6.43 Å². The molecule has 0 unspecified atom stereocenters. The number of methoxy groups -OCH3 is 1. The molecule has 1 aromatic heterocycles. The first-order valence-corrected chi connectivity index (χ1v) is 4.87. The van der Waals surface area contributed by atoms with Crippen molar-refractivity contribution >= 4 is 32.8 Å². The highest BCUT2D eigenvalue weighted by atomic mass is 79.9. The molecule has 0 aliphatic heterocycles. The maximum Gasteiger partial charge on any atom is 0.271 e. The average molecular weight is 300 g/mol. The number of aromatic nitrogens is 1. The number of halogens is 4. The Hall–Kier alpha value is -0.750. The van der Waals surface area contributed by atoms with Crippen LogP contribution in [0.5, 0.6) is 5.88 Å². The maximum atomic E-state index is 12.6. The Kier molecular flexibility index (Phi) is 3.98. The molecule has 7 heteroatoms. The van der Waals surface area contributed by atoms with Gasteiger partial charge in [0.05, 0.1) is 12.7 Å². The van der Waals surface area contributed by atoms with Crippen molar-refractivity contribution in [2.24, 2.45) is 0 Å². The van der Waals surface area contributed by atoms with Crippen LogP contribution in [0.2, 0.25) is 0 Å². The summed E-state index contributed by atoms with van der Waals surface area (Å²) in [6, 6.07) is 1.24. The molecule has 15 heavy (non-hydrogen) atoms. The second-order valence-corrected chi connectivity index (χ2v) is 3.68. The highest BCUT2D eigenvalue weighted by Crippen LogP contribution is 2.32. The first-order valence-electron chi connectivity index (χ1n) is 3.69. The molecular weight excluding hydrogens is 295 g/mol. The topological polar surface area (TPSA) is 39.2 Å². The molecule has 82 valence electrons. The largest absolute Gasteiger partial charge is 0.481 e. The highest BCUT2D eigenvalue weighted by molar-refractivity contribution is 9.10. The number of pyridine rings is 1. The third-order valence-corrected chi connectivity index (χ3v) is 2.43. The first-order chi connectivity index (χ1) is 6.97. The number of hydrogen-bond donors (Lipinski definition) is 0. The third kappa shape index (κ3) is 2.63. The van der Waals surface area contributed by atoms with Gasteiger partial charge in [0.15, 0.2) is 0 Å². The van der Waals surface area contributed by atoms with E-state index in [1.54, 1.807) is 0 Å². The minimum Gasteiger partial charge on any atom is -0.481 e. The zero-order chi connectivity index (χ0) is 11.6. The molecule has 3 nitrogen and oxygen atoms in total. The third-order valence-electron chi connectivity index (χ3n) is 1.60. The number of carbonyl (C=O) groups excluding carboxylic acids is 1. The van der Waals surface area contributed by atoms with E-state index in [0.29, 0.717) is 0 Å². The van der Waals surface area contributed by atoms with Gasteiger partial charge in [0.25, 0.3) is 11.7 Å². The summed E-state index contributed by atoms with van der Waals surface area (Å²) in [5.41, 5.74) is -1.03. The van der Waals surface area contributed by atoms with Gasteiger partial charge in [-0.2, -0.15) is 0 Å². The van der Waals surface area contributed by atoms with Crippen LogP contribution >= 0.6 is 27.5 Å². The molecule has 0 aromatic carbocycles. The Balaban J connectivity index is 3.42. The Bertz CT molecular complexity index is 400. The van der Waals surface area contributed by atoms with Crippen LogP contribution in [0.4, 0.5) is 8.78 Å². The lowest BCUT2D eigenvalue weighted by molar-refractivity contribution is 0.105. The van der Waals surface area contributed by atoms with Gasteiger partial charge in [-0.15, -0.1) is 0 Å². The molecule has 0 aliphatic carbocycles. The van der Waals surface area contributed by atoms with Gasteiger partial charge >= 0.3 is 0 Å². The van der Waals surface area contributed by atoms with Crippen LogP contribution in [0, 0.1) is 0 Å². The van der Waals surface area contributed by atoms with Crippen molar-refractivity contribution in [3.05, 3.63) is 21.8 Å². The van der Waals surface area contributed by atoms with Gasteiger partial charge in [-0.1, -0.05) is 15.9 Å². The van der Waals surface area contributed by atoms with Gasteiger partial charge in [-0.3, -0.25) is 4.79 Å². The average Bonchev–Trinajstić information content (AvgIpc) is 2.15. The van der Waals surface area contributed by atoms with E-state index in [0.717, 1.165) is 0 Å². The summed E-state index contributed by atoms with van der Waals surface area (Å²) in [4.78, 5) is 14.4. The Labute approximate surface area is 97.5 Å². The summed E-state index contributed by atoms with van der Waals surface area (Å²) in [5.74, 6) is 0.0373. The Morgan fingerprint density at radius 2 is 2.27 bits per heavy atom. The normalized spacial score (nSPS) is 10.5. The fourth-order valence-electron chi connectivity index (χ4n) is 0.964. The van der Waals surface area contributed by atoms with Crippen LogP contribution < -0.4 is 4.74 Å². The van der Waals surface area contributed by atoms with E-state index in [2.05, 4.69) is 20.9 Å². The lowest BCUT2D eigenvalue weighted by atomic mass is 10.2. The molecule has 0 saturated carbocycles. The van der Waals surface area contributed by atoms with E-state index in [1.165, 1.54) is 13.2 Å². The van der Waals surface area contributed by atoms with Gasteiger partial charge in [0.2, 0.25) is 5.88 Å². The standard InChI is InChI=1S/C8H5BrClF2NO2/c1-15-4-2-3(9)5(8(11)12)6(13-4)7(10)14/h2,8H,1H3. The van der Waals surface area contributed by atoms with Crippen molar-refractivity contribution in [3.63, 3.8) is 0 Å². The summed E-state index contributed by atoms with van der Waals surface area (Å²) >= 11 is 8.04. The van der Waals surface area contributed by atoms with Crippen LogP contribution in [0.25, 0.3) is 0 Å². The zero-order valence-corrected chi connectivity index (χ0v) is 9.77. The Morgan fingerprint density at radius 1 is 1.67 bits per heavy atom. The molecule has 0 atom stereocenters. The van der Waals surface area contributed by atoms with Gasteiger partial charge in [0.1, 0.15) is 5.69 Å². The minimum atomic E-state index is -2.84. The number of carbonyl (C=O) groups is 1. The second kappa shape index (κ2) is 4.85. The predicted molar refractivity (Wildman–Crippen MR) is 53.6 cm³/mol. The lowest BCUT2D eigenvalue weighted by Crippen LogP contribution is -2.04. The molecule has 0 fully saturated rings. The van der Waals surface area contributed by atoms with Crippen molar-refractivity contribution in [2.75, 3.05) is 7.11 Å². The van der Waals surface area contributed by atoms with Gasteiger partial charge in [0, 0.05) is 10.5 Å². The molecule has 0 bridgehead atoms. The Morgan fingerprint density at radius 3 is 2.67 bits per heavy atom. The molecule has 0 amide bonds. The van der Waals surface area contributed by atoms with Crippen LogP contribution in [-0.4, -0.2) is 17.3 Å². The summed E-state index contributed by atoms with van der Waals surface area (Å²) in [5, 5.41) is -1.05. The van der Waals surface area contributed by atoms with Crippen molar-refractivity contribution in [3.8, 4) is 5.88 Å². The summed E-state index contributed by atoms with van der Waals surface area (Å²) < 4.78 is 29.9. The molecular formula is C8H5BrClF2NO2. The SMILES string of the molecule is COc1cc(Br)c(C(F)F)c(C(=O)Cl)n1. The predicted octanol–water partition coefficient (Wildman–Crippen LogP) is 3.17. The quantitative estimate of drug-likeness (QED) is 0.805. The maximum absolute atomic E-state index is 12.6. The minimum absolute atomic E-state index is 0.0355. The fourth-order valence-corrected chi connectivity index (χ4v) is 1.66. The van der Waals surface area contributed by atoms with Gasteiger partial charge in [-0.25, -0.2) is 13.8 Å². The van der Waals surface area contributed by atoms with Crippen LogP contribution in [0.1, 0.15) is 22.5 Å². The molecule has 1 heterocycles. The van der Waals surface area contributed by atoms with E-state index in [9.17, 15) is 13.6 Å². The second-order valence-electron chi connectivity index (χ2n) is 2.48. The highest BCUT2D eigenvalue weighted by Gasteiger charge is 2.23. The fraction of sp³-hybridized carbons (Fsp3) is 0.250. The molecule has 0 radical (unpaired) electrons.